The first-order chi connectivity index (χ1) is 11.7. The third kappa shape index (κ3) is 4.31. The highest BCUT2D eigenvalue weighted by atomic mass is 19.1. The van der Waals surface area contributed by atoms with E-state index in [1.807, 2.05) is 12.1 Å². The van der Waals surface area contributed by atoms with Gasteiger partial charge in [-0.25, -0.2) is 9.37 Å². The van der Waals surface area contributed by atoms with Crippen LogP contribution in [0.1, 0.15) is 30.4 Å². The summed E-state index contributed by atoms with van der Waals surface area (Å²) in [6.45, 7) is 2.50. The number of hydrogen-bond acceptors (Lipinski definition) is 3. The summed E-state index contributed by atoms with van der Waals surface area (Å²) in [5.41, 5.74) is 1.84. The van der Waals surface area contributed by atoms with Gasteiger partial charge in [0.15, 0.2) is 0 Å². The van der Waals surface area contributed by atoms with Crippen LogP contribution < -0.4 is 10.2 Å². The summed E-state index contributed by atoms with van der Waals surface area (Å²) in [5, 5.41) is 2.94. The van der Waals surface area contributed by atoms with Gasteiger partial charge in [0.2, 0.25) is 5.91 Å². The number of nitrogens with one attached hydrogen (secondary N) is 1. The Bertz CT molecular complexity index is 681. The number of piperidine rings is 1. The Morgan fingerprint density at radius 3 is 2.62 bits per heavy atom. The lowest BCUT2D eigenvalue weighted by atomic mass is 10.1. The molecular formula is C19H22FN3O. The number of nitrogens with zero attached hydrogens (tertiary/aromatic N) is 2. The van der Waals surface area contributed by atoms with Crippen molar-refractivity contribution in [1.82, 2.24) is 10.3 Å². The fourth-order valence-electron chi connectivity index (χ4n) is 3.00. The number of hydrogen-bond donors (Lipinski definition) is 1. The molecule has 2 heterocycles. The first-order valence-corrected chi connectivity index (χ1v) is 8.42. The third-order valence-electron chi connectivity index (χ3n) is 4.28. The Morgan fingerprint density at radius 1 is 1.12 bits per heavy atom. The molecule has 1 fully saturated rings. The lowest BCUT2D eigenvalue weighted by Gasteiger charge is -2.29. The molecule has 0 bridgehead atoms. The fourth-order valence-corrected chi connectivity index (χ4v) is 3.00. The predicted octanol–water partition coefficient (Wildman–Crippen LogP) is 3.07. The second kappa shape index (κ2) is 7.90. The standard InChI is InChI=1S/C19H22FN3O/c20-17-8-6-15(7-9-17)13-18(24)22-14-16-5-4-10-21-19(16)23-11-2-1-3-12-23/h4-10H,1-3,11-14H2,(H,22,24). The topological polar surface area (TPSA) is 45.2 Å². The molecule has 1 amide bonds. The maximum Gasteiger partial charge on any atom is 0.224 e. The average molecular weight is 327 g/mol. The zero-order valence-corrected chi connectivity index (χ0v) is 13.7. The van der Waals surface area contributed by atoms with Crippen molar-refractivity contribution in [3.8, 4) is 0 Å². The molecule has 0 unspecified atom stereocenters. The molecular weight excluding hydrogens is 305 g/mol. The zero-order valence-electron chi connectivity index (χ0n) is 13.7. The van der Waals surface area contributed by atoms with Crippen molar-refractivity contribution < 1.29 is 9.18 Å². The summed E-state index contributed by atoms with van der Waals surface area (Å²) in [6, 6.07) is 9.93. The van der Waals surface area contributed by atoms with Crippen LogP contribution in [0, 0.1) is 5.82 Å². The number of benzene rings is 1. The van der Waals surface area contributed by atoms with Gasteiger partial charge in [0.25, 0.3) is 0 Å². The van der Waals surface area contributed by atoms with Crippen LogP contribution in [0.3, 0.4) is 0 Å². The van der Waals surface area contributed by atoms with E-state index in [-0.39, 0.29) is 18.1 Å². The van der Waals surface area contributed by atoms with E-state index in [0.29, 0.717) is 6.54 Å². The normalized spacial score (nSPS) is 14.5. The average Bonchev–Trinajstić information content (AvgIpc) is 2.63. The predicted molar refractivity (Wildman–Crippen MR) is 92.3 cm³/mol. The number of pyridine rings is 1. The van der Waals surface area contributed by atoms with Crippen LogP contribution >= 0.6 is 0 Å². The van der Waals surface area contributed by atoms with E-state index < -0.39 is 0 Å². The van der Waals surface area contributed by atoms with Gasteiger partial charge in [-0.15, -0.1) is 0 Å². The highest BCUT2D eigenvalue weighted by Gasteiger charge is 2.15. The van der Waals surface area contributed by atoms with Gasteiger partial charge < -0.3 is 10.2 Å². The van der Waals surface area contributed by atoms with Gasteiger partial charge in [0.1, 0.15) is 11.6 Å². The smallest absolute Gasteiger partial charge is 0.224 e. The summed E-state index contributed by atoms with van der Waals surface area (Å²) < 4.78 is 12.9. The Kier molecular flexibility index (Phi) is 5.41. The van der Waals surface area contributed by atoms with Crippen molar-refractivity contribution in [3.05, 3.63) is 59.5 Å². The van der Waals surface area contributed by atoms with Gasteiger partial charge in [-0.1, -0.05) is 18.2 Å². The lowest BCUT2D eigenvalue weighted by Crippen LogP contribution is -2.32. The van der Waals surface area contributed by atoms with E-state index >= 15 is 0 Å². The van der Waals surface area contributed by atoms with Crippen molar-refractivity contribution in [2.45, 2.75) is 32.2 Å². The Labute approximate surface area is 141 Å². The summed E-state index contributed by atoms with van der Waals surface area (Å²) in [5.74, 6) is 0.607. The second-order valence-corrected chi connectivity index (χ2v) is 6.11. The number of aromatic nitrogens is 1. The minimum atomic E-state index is -0.291. The number of carbonyl (C=O) groups is 1. The quantitative estimate of drug-likeness (QED) is 0.918. The minimum absolute atomic E-state index is 0.0740. The maximum atomic E-state index is 12.9. The highest BCUT2D eigenvalue weighted by Crippen LogP contribution is 2.21. The molecule has 4 nitrogen and oxygen atoms in total. The Morgan fingerprint density at radius 2 is 1.88 bits per heavy atom. The summed E-state index contributed by atoms with van der Waals surface area (Å²) in [6.07, 6.45) is 5.69. The van der Waals surface area contributed by atoms with Crippen LogP contribution in [-0.2, 0) is 17.8 Å². The van der Waals surface area contributed by atoms with E-state index in [0.717, 1.165) is 30.0 Å². The van der Waals surface area contributed by atoms with E-state index in [9.17, 15) is 9.18 Å². The molecule has 126 valence electrons. The summed E-state index contributed by atoms with van der Waals surface area (Å²) in [4.78, 5) is 18.9. The fraction of sp³-hybridized carbons (Fsp3) is 0.368. The third-order valence-corrected chi connectivity index (χ3v) is 4.28. The van der Waals surface area contributed by atoms with Crippen molar-refractivity contribution in [2.75, 3.05) is 18.0 Å². The molecule has 24 heavy (non-hydrogen) atoms. The highest BCUT2D eigenvalue weighted by molar-refractivity contribution is 5.78. The van der Waals surface area contributed by atoms with E-state index in [1.165, 1.54) is 31.4 Å². The second-order valence-electron chi connectivity index (χ2n) is 6.11. The molecule has 0 spiro atoms. The van der Waals surface area contributed by atoms with Crippen LogP contribution in [0.25, 0.3) is 0 Å². The van der Waals surface area contributed by atoms with Crippen LogP contribution in [0.5, 0.6) is 0 Å². The molecule has 1 saturated heterocycles. The molecule has 0 atom stereocenters. The van der Waals surface area contributed by atoms with Crippen LogP contribution in [0.15, 0.2) is 42.6 Å². The summed E-state index contributed by atoms with van der Waals surface area (Å²) >= 11 is 0. The van der Waals surface area contributed by atoms with E-state index in [4.69, 9.17) is 0 Å². The van der Waals surface area contributed by atoms with Gasteiger partial charge in [-0.2, -0.15) is 0 Å². The van der Waals surface area contributed by atoms with Gasteiger partial charge >= 0.3 is 0 Å². The molecule has 3 rings (SSSR count). The van der Waals surface area contributed by atoms with Gasteiger partial charge in [0, 0.05) is 31.4 Å². The molecule has 1 N–H and O–H groups in total. The monoisotopic (exact) mass is 327 g/mol. The molecule has 0 radical (unpaired) electrons. The molecule has 1 aromatic carbocycles. The van der Waals surface area contributed by atoms with Crippen molar-refractivity contribution in [1.29, 1.82) is 0 Å². The number of rotatable bonds is 5. The lowest BCUT2D eigenvalue weighted by molar-refractivity contribution is -0.120. The summed E-state index contributed by atoms with van der Waals surface area (Å²) in [7, 11) is 0. The van der Waals surface area contributed by atoms with Crippen LogP contribution in [-0.4, -0.2) is 24.0 Å². The van der Waals surface area contributed by atoms with Gasteiger partial charge in [-0.05, 0) is 43.0 Å². The van der Waals surface area contributed by atoms with Crippen molar-refractivity contribution in [3.63, 3.8) is 0 Å². The van der Waals surface area contributed by atoms with Crippen LogP contribution in [0.2, 0.25) is 0 Å². The Hall–Kier alpha value is -2.43. The van der Waals surface area contributed by atoms with E-state index in [1.54, 1.807) is 18.3 Å². The molecule has 0 aliphatic carbocycles. The SMILES string of the molecule is O=C(Cc1ccc(F)cc1)NCc1cccnc1N1CCCCC1. The Balaban J connectivity index is 1.59. The first-order valence-electron chi connectivity index (χ1n) is 8.42. The number of carbonyl (C=O) groups excluding carboxylic acids is 1. The number of halogens is 1. The molecule has 1 aliphatic rings. The van der Waals surface area contributed by atoms with Crippen molar-refractivity contribution >= 4 is 11.7 Å². The minimum Gasteiger partial charge on any atom is -0.356 e. The molecule has 0 saturated carbocycles. The molecule has 1 aromatic heterocycles. The molecule has 1 aliphatic heterocycles. The van der Waals surface area contributed by atoms with Crippen LogP contribution in [0.4, 0.5) is 10.2 Å². The zero-order chi connectivity index (χ0) is 16.8. The maximum absolute atomic E-state index is 12.9. The largest absolute Gasteiger partial charge is 0.356 e. The number of amides is 1. The number of anilines is 1. The first kappa shape index (κ1) is 16.4. The molecule has 5 heteroatoms. The molecule has 2 aromatic rings. The van der Waals surface area contributed by atoms with Gasteiger partial charge in [-0.3, -0.25) is 4.79 Å². The van der Waals surface area contributed by atoms with E-state index in [2.05, 4.69) is 15.2 Å². The van der Waals surface area contributed by atoms with Gasteiger partial charge in [0.05, 0.1) is 6.42 Å². The van der Waals surface area contributed by atoms with Crippen molar-refractivity contribution in [2.24, 2.45) is 0 Å².